The average Bonchev–Trinajstić information content (AvgIpc) is 2.81. The smallest absolute Gasteiger partial charge is 0.419 e. The van der Waals surface area contributed by atoms with Crippen LogP contribution in [0.1, 0.15) is 20.8 Å². The average molecular weight is 388 g/mol. The van der Waals surface area contributed by atoms with Crippen LogP contribution in [0.5, 0.6) is 5.75 Å². The molecule has 4 nitrogen and oxygen atoms in total. The first-order valence-electron chi connectivity index (χ1n) is 6.77. The summed E-state index contributed by atoms with van der Waals surface area (Å²) in [7, 11) is 1.34. The van der Waals surface area contributed by atoms with Crippen molar-refractivity contribution in [1.29, 1.82) is 0 Å². The molecule has 0 amide bonds. The van der Waals surface area contributed by atoms with Crippen LogP contribution >= 0.6 is 15.9 Å². The minimum atomic E-state index is -1.10. The van der Waals surface area contributed by atoms with Gasteiger partial charge in [-0.15, -0.1) is 0 Å². The van der Waals surface area contributed by atoms with E-state index in [1.807, 2.05) is 0 Å². The van der Waals surface area contributed by atoms with Gasteiger partial charge in [-0.05, 0) is 54.9 Å². The summed E-state index contributed by atoms with van der Waals surface area (Å²) in [6, 6.07) is 3.76. The second kappa shape index (κ2) is 6.31. The number of nitrogens with zero attached hydrogens (tertiary/aromatic N) is 1. The number of methoxy groups -OCH3 is 1. The van der Waals surface area contributed by atoms with Crippen LogP contribution in [0.4, 0.5) is 13.6 Å². The van der Waals surface area contributed by atoms with E-state index in [2.05, 4.69) is 15.9 Å². The van der Waals surface area contributed by atoms with Crippen molar-refractivity contribution in [3.8, 4) is 17.0 Å². The lowest BCUT2D eigenvalue weighted by Crippen LogP contribution is -2.27. The molecule has 0 aliphatic rings. The summed E-state index contributed by atoms with van der Waals surface area (Å²) in [6.07, 6.45) is 0.719. The molecule has 0 bridgehead atoms. The normalized spacial score (nSPS) is 11.4. The maximum absolute atomic E-state index is 14.3. The molecule has 7 heteroatoms. The van der Waals surface area contributed by atoms with Gasteiger partial charge in [0, 0.05) is 10.7 Å². The number of carbonyl (C=O) groups is 1. The number of rotatable bonds is 2. The molecule has 0 saturated heterocycles. The van der Waals surface area contributed by atoms with Gasteiger partial charge in [0.1, 0.15) is 11.4 Å². The third-order valence-electron chi connectivity index (χ3n) is 2.91. The molecule has 23 heavy (non-hydrogen) atoms. The first-order chi connectivity index (χ1) is 10.6. The Bertz CT molecular complexity index is 751. The Morgan fingerprint density at radius 2 is 1.91 bits per heavy atom. The fourth-order valence-corrected chi connectivity index (χ4v) is 2.45. The highest BCUT2D eigenvalue weighted by Gasteiger charge is 2.25. The molecular formula is C16H16BrF2NO3. The molecule has 0 atom stereocenters. The van der Waals surface area contributed by atoms with E-state index in [0.29, 0.717) is 4.47 Å². The zero-order valence-electron chi connectivity index (χ0n) is 13.1. The van der Waals surface area contributed by atoms with Crippen molar-refractivity contribution in [1.82, 2.24) is 4.57 Å². The van der Waals surface area contributed by atoms with E-state index in [-0.39, 0.29) is 17.0 Å². The number of ether oxygens (including phenoxy) is 2. The summed E-state index contributed by atoms with van der Waals surface area (Å²) >= 11 is 3.23. The quantitative estimate of drug-likeness (QED) is 0.728. The molecule has 1 heterocycles. The molecule has 124 valence electrons. The minimum absolute atomic E-state index is 0.110. The molecule has 0 spiro atoms. The van der Waals surface area contributed by atoms with Crippen LogP contribution in [0.15, 0.2) is 28.9 Å². The van der Waals surface area contributed by atoms with E-state index >= 15 is 0 Å². The number of aromatic nitrogens is 1. The summed E-state index contributed by atoms with van der Waals surface area (Å²) in [5.41, 5.74) is -0.751. The van der Waals surface area contributed by atoms with Crippen LogP contribution < -0.4 is 4.74 Å². The van der Waals surface area contributed by atoms with Gasteiger partial charge in [-0.3, -0.25) is 4.57 Å². The Kier molecular flexibility index (Phi) is 4.79. The van der Waals surface area contributed by atoms with Gasteiger partial charge in [-0.1, -0.05) is 0 Å². The fourth-order valence-electron chi connectivity index (χ4n) is 2.03. The molecule has 2 aromatic rings. The Morgan fingerprint density at radius 1 is 1.26 bits per heavy atom. The number of benzene rings is 1. The Morgan fingerprint density at radius 3 is 2.48 bits per heavy atom. The van der Waals surface area contributed by atoms with Gasteiger partial charge in [-0.2, -0.15) is 0 Å². The monoisotopic (exact) mass is 387 g/mol. The second-order valence-corrected chi connectivity index (χ2v) is 6.75. The third kappa shape index (κ3) is 3.72. The van der Waals surface area contributed by atoms with Crippen molar-refractivity contribution in [3.63, 3.8) is 0 Å². The van der Waals surface area contributed by atoms with E-state index in [0.717, 1.165) is 10.6 Å². The maximum Gasteiger partial charge on any atom is 0.419 e. The number of halogens is 3. The van der Waals surface area contributed by atoms with Gasteiger partial charge in [-0.25, -0.2) is 13.6 Å². The highest BCUT2D eigenvalue weighted by atomic mass is 79.9. The predicted molar refractivity (Wildman–Crippen MR) is 85.7 cm³/mol. The molecule has 0 aliphatic carbocycles. The van der Waals surface area contributed by atoms with Crippen molar-refractivity contribution in [2.75, 3.05) is 7.11 Å². The molecule has 0 N–H and O–H groups in total. The molecule has 1 aromatic carbocycles. The maximum atomic E-state index is 14.3. The van der Waals surface area contributed by atoms with Gasteiger partial charge in [0.25, 0.3) is 0 Å². The van der Waals surface area contributed by atoms with Crippen LogP contribution in [-0.2, 0) is 4.74 Å². The lowest BCUT2D eigenvalue weighted by molar-refractivity contribution is 0.0540. The van der Waals surface area contributed by atoms with E-state index in [4.69, 9.17) is 9.47 Å². The summed E-state index contributed by atoms with van der Waals surface area (Å²) in [5.74, 6) is -2.02. The minimum Gasteiger partial charge on any atom is -0.496 e. The summed E-state index contributed by atoms with van der Waals surface area (Å²) in [4.78, 5) is 12.3. The van der Waals surface area contributed by atoms with Gasteiger partial charge < -0.3 is 9.47 Å². The van der Waals surface area contributed by atoms with Crippen molar-refractivity contribution in [2.45, 2.75) is 26.4 Å². The zero-order valence-corrected chi connectivity index (χ0v) is 14.7. The summed E-state index contributed by atoms with van der Waals surface area (Å²) in [5, 5.41) is 0. The largest absolute Gasteiger partial charge is 0.496 e. The lowest BCUT2D eigenvalue weighted by Gasteiger charge is -2.21. The number of hydrogen-bond donors (Lipinski definition) is 0. The highest BCUT2D eigenvalue weighted by molar-refractivity contribution is 9.10. The van der Waals surface area contributed by atoms with Gasteiger partial charge in [0.05, 0.1) is 18.4 Å². The van der Waals surface area contributed by atoms with E-state index in [1.54, 1.807) is 20.8 Å². The van der Waals surface area contributed by atoms with E-state index < -0.39 is 23.3 Å². The Hall–Kier alpha value is -1.89. The van der Waals surface area contributed by atoms with Crippen molar-refractivity contribution < 1.29 is 23.0 Å². The summed E-state index contributed by atoms with van der Waals surface area (Å²) in [6.45, 7) is 5.14. The SMILES string of the molecule is COc1ccc(F)c(F)c1-c1cc(Br)cn1C(=O)OC(C)(C)C. The van der Waals surface area contributed by atoms with Crippen LogP contribution in [0.3, 0.4) is 0 Å². The predicted octanol–water partition coefficient (Wildman–Crippen LogP) is 4.99. The van der Waals surface area contributed by atoms with E-state index in [1.165, 1.54) is 25.4 Å². The van der Waals surface area contributed by atoms with Crippen LogP contribution in [-0.4, -0.2) is 23.4 Å². The molecular weight excluding hydrogens is 372 g/mol. The molecule has 0 saturated carbocycles. The third-order valence-corrected chi connectivity index (χ3v) is 3.34. The van der Waals surface area contributed by atoms with Crippen molar-refractivity contribution in [3.05, 3.63) is 40.5 Å². The fraction of sp³-hybridized carbons (Fsp3) is 0.312. The van der Waals surface area contributed by atoms with Crippen LogP contribution in [0.2, 0.25) is 0 Å². The highest BCUT2D eigenvalue weighted by Crippen LogP contribution is 2.36. The zero-order chi connectivity index (χ0) is 17.4. The number of carbonyl (C=O) groups excluding carboxylic acids is 1. The van der Waals surface area contributed by atoms with Gasteiger partial charge in [0.2, 0.25) is 0 Å². The second-order valence-electron chi connectivity index (χ2n) is 5.83. The summed E-state index contributed by atoms with van der Waals surface area (Å²) < 4.78 is 39.9. The van der Waals surface area contributed by atoms with Gasteiger partial charge in [0.15, 0.2) is 11.6 Å². The standard InChI is InChI=1S/C16H16BrF2NO3/c1-16(2,3)23-15(21)20-8-9(17)7-11(20)13-12(22-4)6-5-10(18)14(13)19/h5-8H,1-4H3. The molecule has 0 radical (unpaired) electrons. The van der Waals surface area contributed by atoms with Gasteiger partial charge >= 0.3 is 6.09 Å². The Balaban J connectivity index is 2.63. The lowest BCUT2D eigenvalue weighted by atomic mass is 10.1. The molecule has 2 rings (SSSR count). The molecule has 0 aliphatic heterocycles. The van der Waals surface area contributed by atoms with E-state index in [9.17, 15) is 13.6 Å². The number of hydrogen-bond acceptors (Lipinski definition) is 3. The van der Waals surface area contributed by atoms with Crippen molar-refractivity contribution >= 4 is 22.0 Å². The topological polar surface area (TPSA) is 40.5 Å². The molecule has 0 unspecified atom stereocenters. The van der Waals surface area contributed by atoms with Crippen LogP contribution in [0.25, 0.3) is 11.3 Å². The Labute approximate surface area is 141 Å². The molecule has 1 aromatic heterocycles. The first kappa shape index (κ1) is 17.5. The van der Waals surface area contributed by atoms with Crippen molar-refractivity contribution in [2.24, 2.45) is 0 Å². The molecule has 0 fully saturated rings. The van der Waals surface area contributed by atoms with Crippen LogP contribution in [0, 0.1) is 11.6 Å². The first-order valence-corrected chi connectivity index (χ1v) is 7.57.